The summed E-state index contributed by atoms with van der Waals surface area (Å²) in [4.78, 5) is 2.45. The summed E-state index contributed by atoms with van der Waals surface area (Å²) in [7, 11) is 0. The lowest BCUT2D eigenvalue weighted by atomic mass is 9.98. The Hall–Kier alpha value is 0.130. The van der Waals surface area contributed by atoms with Crippen LogP contribution >= 0.6 is 40.7 Å². The highest BCUT2D eigenvalue weighted by molar-refractivity contribution is 9.10. The van der Waals surface area contributed by atoms with E-state index in [4.69, 9.17) is 0 Å². The molecule has 0 aromatic heterocycles. The van der Waals surface area contributed by atoms with Crippen LogP contribution in [0.1, 0.15) is 30.9 Å². The van der Waals surface area contributed by atoms with Crippen LogP contribution in [0.25, 0.3) is 0 Å². The third-order valence-corrected chi connectivity index (χ3v) is 4.66. The zero-order valence-corrected chi connectivity index (χ0v) is 15.1. The van der Waals surface area contributed by atoms with Crippen LogP contribution in [-0.4, -0.2) is 31.1 Å². The summed E-state index contributed by atoms with van der Waals surface area (Å²) < 4.78 is 15.1. The quantitative estimate of drug-likeness (QED) is 0.816. The van der Waals surface area contributed by atoms with Gasteiger partial charge in [-0.3, -0.25) is 4.90 Å². The fourth-order valence-electron chi connectivity index (χ4n) is 2.91. The summed E-state index contributed by atoms with van der Waals surface area (Å²) in [5.74, 6) is 0.737. The highest BCUT2D eigenvalue weighted by Crippen LogP contribution is 2.41. The molecule has 0 bridgehead atoms. The van der Waals surface area contributed by atoms with Gasteiger partial charge in [-0.15, -0.1) is 24.8 Å². The molecule has 1 atom stereocenters. The van der Waals surface area contributed by atoms with Crippen molar-refractivity contribution in [1.82, 2.24) is 10.2 Å². The fraction of sp³-hybridized carbons (Fsp3) is 0.600. The van der Waals surface area contributed by atoms with Gasteiger partial charge in [-0.1, -0.05) is 34.8 Å². The predicted octanol–water partition coefficient (Wildman–Crippen LogP) is 4.18. The van der Waals surface area contributed by atoms with E-state index in [1.165, 1.54) is 12.8 Å². The van der Waals surface area contributed by atoms with Crippen molar-refractivity contribution in [1.29, 1.82) is 0 Å². The molecule has 3 rings (SSSR count). The van der Waals surface area contributed by atoms with E-state index in [-0.39, 0.29) is 36.7 Å². The predicted molar refractivity (Wildman–Crippen MR) is 93.1 cm³/mol. The molecule has 120 valence electrons. The number of halogens is 4. The van der Waals surface area contributed by atoms with Gasteiger partial charge >= 0.3 is 0 Å². The number of hydrogen-bond acceptors (Lipinski definition) is 2. The SMILES string of the molecule is Cl.Cl.Fc1cc(Br)ccc1[C@@H](CC1CC1)N1CCNCC1. The van der Waals surface area contributed by atoms with Gasteiger partial charge in [0.25, 0.3) is 0 Å². The Morgan fingerprint density at radius 1 is 1.24 bits per heavy atom. The van der Waals surface area contributed by atoms with Crippen molar-refractivity contribution in [3.05, 3.63) is 34.1 Å². The molecular weight excluding hydrogens is 378 g/mol. The van der Waals surface area contributed by atoms with E-state index in [9.17, 15) is 4.39 Å². The monoisotopic (exact) mass is 398 g/mol. The standard InChI is InChI=1S/C15H20BrFN2.2ClH/c16-12-3-4-13(14(17)10-12)15(9-11-1-2-11)19-7-5-18-6-8-19;;/h3-4,10-11,15,18H,1-2,5-9H2;2*1H/t15-;;/m1../s1. The third-order valence-electron chi connectivity index (χ3n) is 4.17. The van der Waals surface area contributed by atoms with Crippen molar-refractivity contribution in [2.75, 3.05) is 26.2 Å². The van der Waals surface area contributed by atoms with Crippen LogP contribution < -0.4 is 5.32 Å². The Morgan fingerprint density at radius 2 is 1.90 bits per heavy atom. The Labute approximate surface area is 146 Å². The van der Waals surface area contributed by atoms with Crippen molar-refractivity contribution in [3.63, 3.8) is 0 Å². The molecule has 1 N–H and O–H groups in total. The smallest absolute Gasteiger partial charge is 0.129 e. The average molecular weight is 400 g/mol. The molecule has 0 radical (unpaired) electrons. The van der Waals surface area contributed by atoms with E-state index in [0.717, 1.165) is 48.6 Å². The lowest BCUT2D eigenvalue weighted by Crippen LogP contribution is -2.45. The van der Waals surface area contributed by atoms with E-state index in [2.05, 4.69) is 26.1 Å². The van der Waals surface area contributed by atoms with E-state index < -0.39 is 0 Å². The lowest BCUT2D eigenvalue weighted by molar-refractivity contribution is 0.157. The van der Waals surface area contributed by atoms with E-state index in [1.807, 2.05) is 12.1 Å². The van der Waals surface area contributed by atoms with Crippen LogP contribution in [0.4, 0.5) is 4.39 Å². The van der Waals surface area contributed by atoms with Gasteiger partial charge in [0, 0.05) is 42.3 Å². The first-order valence-corrected chi connectivity index (χ1v) is 7.93. The first kappa shape index (κ1) is 19.2. The fourth-order valence-corrected chi connectivity index (χ4v) is 3.24. The molecule has 1 aliphatic carbocycles. The summed E-state index contributed by atoms with van der Waals surface area (Å²) in [6.07, 6.45) is 3.75. The van der Waals surface area contributed by atoms with Crippen molar-refractivity contribution in [2.24, 2.45) is 5.92 Å². The number of rotatable bonds is 4. The topological polar surface area (TPSA) is 15.3 Å². The zero-order chi connectivity index (χ0) is 13.2. The van der Waals surface area contributed by atoms with E-state index in [0.29, 0.717) is 0 Å². The number of nitrogens with one attached hydrogen (secondary N) is 1. The van der Waals surface area contributed by atoms with Crippen LogP contribution in [0.2, 0.25) is 0 Å². The van der Waals surface area contributed by atoms with Crippen molar-refractivity contribution in [3.8, 4) is 0 Å². The summed E-state index contributed by atoms with van der Waals surface area (Å²) in [5.41, 5.74) is 0.872. The first-order valence-electron chi connectivity index (χ1n) is 7.14. The molecule has 2 nitrogen and oxygen atoms in total. The number of hydrogen-bond donors (Lipinski definition) is 1. The van der Waals surface area contributed by atoms with Crippen LogP contribution in [0.5, 0.6) is 0 Å². The van der Waals surface area contributed by atoms with Gasteiger partial charge in [-0.2, -0.15) is 0 Å². The van der Waals surface area contributed by atoms with Gasteiger partial charge in [-0.05, 0) is 24.5 Å². The number of benzene rings is 1. The van der Waals surface area contributed by atoms with Gasteiger partial charge in [0.05, 0.1) is 0 Å². The highest BCUT2D eigenvalue weighted by Gasteiger charge is 2.31. The first-order chi connectivity index (χ1) is 9.24. The Bertz CT molecular complexity index is 451. The van der Waals surface area contributed by atoms with Crippen LogP contribution in [-0.2, 0) is 0 Å². The Balaban J connectivity index is 0.00000110. The highest BCUT2D eigenvalue weighted by atomic mass is 79.9. The molecule has 1 saturated carbocycles. The number of nitrogens with zero attached hydrogens (tertiary/aromatic N) is 1. The van der Waals surface area contributed by atoms with Gasteiger partial charge in [-0.25, -0.2) is 4.39 Å². The largest absolute Gasteiger partial charge is 0.314 e. The van der Waals surface area contributed by atoms with Gasteiger partial charge in [0.1, 0.15) is 5.82 Å². The second-order valence-corrected chi connectivity index (χ2v) is 6.56. The summed E-state index contributed by atoms with van der Waals surface area (Å²) in [6.45, 7) is 4.07. The molecule has 2 aliphatic rings. The molecule has 1 aromatic rings. The van der Waals surface area contributed by atoms with Gasteiger partial charge in [0.15, 0.2) is 0 Å². The van der Waals surface area contributed by atoms with Crippen LogP contribution in [0, 0.1) is 11.7 Å². The maximum Gasteiger partial charge on any atom is 0.129 e. The normalized spacial score (nSPS) is 20.3. The summed E-state index contributed by atoms with van der Waals surface area (Å²) in [6, 6.07) is 5.76. The lowest BCUT2D eigenvalue weighted by Gasteiger charge is -2.35. The molecule has 2 fully saturated rings. The molecule has 6 heteroatoms. The Morgan fingerprint density at radius 3 is 2.48 bits per heavy atom. The van der Waals surface area contributed by atoms with Crippen molar-refractivity contribution >= 4 is 40.7 Å². The minimum atomic E-state index is -0.0708. The molecule has 0 unspecified atom stereocenters. The number of piperazine rings is 1. The molecule has 1 heterocycles. The van der Waals surface area contributed by atoms with Crippen molar-refractivity contribution < 1.29 is 4.39 Å². The minimum Gasteiger partial charge on any atom is -0.314 e. The molecule has 1 saturated heterocycles. The maximum atomic E-state index is 14.3. The van der Waals surface area contributed by atoms with Gasteiger partial charge < -0.3 is 5.32 Å². The average Bonchev–Trinajstić information content (AvgIpc) is 3.22. The molecular formula is C15H22BrCl2FN2. The second kappa shape index (κ2) is 8.68. The van der Waals surface area contributed by atoms with Crippen molar-refractivity contribution in [2.45, 2.75) is 25.3 Å². The summed E-state index contributed by atoms with van der Waals surface area (Å²) in [5, 5.41) is 3.37. The second-order valence-electron chi connectivity index (χ2n) is 5.65. The molecule has 1 aliphatic heterocycles. The van der Waals surface area contributed by atoms with Crippen LogP contribution in [0.15, 0.2) is 22.7 Å². The zero-order valence-electron chi connectivity index (χ0n) is 11.9. The molecule has 0 spiro atoms. The van der Waals surface area contributed by atoms with Gasteiger partial charge in [0.2, 0.25) is 0 Å². The molecule has 1 aromatic carbocycles. The third kappa shape index (κ3) is 5.07. The molecule has 0 amide bonds. The van der Waals surface area contributed by atoms with E-state index in [1.54, 1.807) is 6.07 Å². The maximum absolute atomic E-state index is 14.3. The summed E-state index contributed by atoms with van der Waals surface area (Å²) >= 11 is 3.34. The minimum absolute atomic E-state index is 0. The molecule has 21 heavy (non-hydrogen) atoms. The Kier molecular flexibility index (Phi) is 7.93. The van der Waals surface area contributed by atoms with E-state index >= 15 is 0 Å². The van der Waals surface area contributed by atoms with Crippen LogP contribution in [0.3, 0.4) is 0 Å².